The molecule has 0 atom stereocenters. The molecule has 0 spiro atoms. The van der Waals surface area contributed by atoms with E-state index in [0.717, 1.165) is 0 Å². The van der Waals surface area contributed by atoms with Crippen molar-refractivity contribution in [3.05, 3.63) is 29.6 Å². The van der Waals surface area contributed by atoms with Crippen LogP contribution in [0.5, 0.6) is 0 Å². The van der Waals surface area contributed by atoms with E-state index in [1.165, 1.54) is 12.1 Å². The van der Waals surface area contributed by atoms with Gasteiger partial charge in [0.15, 0.2) is 0 Å². The summed E-state index contributed by atoms with van der Waals surface area (Å²) >= 11 is 0. The largest absolute Gasteiger partial charge is 0.387 e. The van der Waals surface area contributed by atoms with Crippen molar-refractivity contribution in [1.82, 2.24) is 5.32 Å². The molecule has 0 aliphatic heterocycles. The summed E-state index contributed by atoms with van der Waals surface area (Å²) in [4.78, 5) is 11.5. The number of anilines is 1. The molecule has 2 N–H and O–H groups in total. The number of rotatable bonds is 3. The van der Waals surface area contributed by atoms with E-state index in [1.54, 1.807) is 13.1 Å². The molecule has 0 heterocycles. The lowest BCUT2D eigenvalue weighted by Gasteiger charge is -2.08. The zero-order valence-electron chi connectivity index (χ0n) is 8.23. The second-order valence-corrected chi connectivity index (χ2v) is 2.80. The van der Waals surface area contributed by atoms with Crippen LogP contribution in [0.3, 0.4) is 0 Å². The van der Waals surface area contributed by atoms with Crippen LogP contribution in [0.25, 0.3) is 0 Å². The SMILES string of the molecule is CCNC(=O)c1cc(F)ccc1NC. The topological polar surface area (TPSA) is 41.1 Å². The van der Waals surface area contributed by atoms with Gasteiger partial charge in [-0.15, -0.1) is 0 Å². The predicted molar refractivity (Wildman–Crippen MR) is 54.0 cm³/mol. The first-order valence-electron chi connectivity index (χ1n) is 4.44. The summed E-state index contributed by atoms with van der Waals surface area (Å²) in [5.41, 5.74) is 0.951. The third-order valence-corrected chi connectivity index (χ3v) is 1.83. The molecule has 0 fully saturated rings. The summed E-state index contributed by atoms with van der Waals surface area (Å²) in [6, 6.07) is 4.07. The van der Waals surface area contributed by atoms with Gasteiger partial charge < -0.3 is 10.6 Å². The number of halogens is 1. The Bertz CT molecular complexity index is 339. The number of hydrogen-bond acceptors (Lipinski definition) is 2. The van der Waals surface area contributed by atoms with Crippen molar-refractivity contribution >= 4 is 11.6 Å². The average molecular weight is 196 g/mol. The fourth-order valence-electron chi connectivity index (χ4n) is 1.18. The van der Waals surface area contributed by atoms with Crippen LogP contribution >= 0.6 is 0 Å². The number of amides is 1. The predicted octanol–water partition coefficient (Wildman–Crippen LogP) is 1.62. The van der Waals surface area contributed by atoms with Crippen LogP contribution in [0.2, 0.25) is 0 Å². The molecule has 0 radical (unpaired) electrons. The van der Waals surface area contributed by atoms with Crippen LogP contribution in [0, 0.1) is 5.82 Å². The van der Waals surface area contributed by atoms with E-state index in [4.69, 9.17) is 0 Å². The first-order chi connectivity index (χ1) is 6.69. The lowest BCUT2D eigenvalue weighted by molar-refractivity contribution is 0.0956. The standard InChI is InChI=1S/C10H13FN2O/c1-3-13-10(14)8-6-7(11)4-5-9(8)12-2/h4-6,12H,3H2,1-2H3,(H,13,14). The quantitative estimate of drug-likeness (QED) is 0.771. The summed E-state index contributed by atoms with van der Waals surface area (Å²) in [6.07, 6.45) is 0. The van der Waals surface area contributed by atoms with E-state index >= 15 is 0 Å². The van der Waals surface area contributed by atoms with E-state index in [9.17, 15) is 9.18 Å². The van der Waals surface area contributed by atoms with Crippen molar-refractivity contribution in [2.75, 3.05) is 18.9 Å². The van der Waals surface area contributed by atoms with Gasteiger partial charge >= 0.3 is 0 Å². The summed E-state index contributed by atoms with van der Waals surface area (Å²) in [6.45, 7) is 2.34. The monoisotopic (exact) mass is 196 g/mol. The molecule has 0 aliphatic carbocycles. The van der Waals surface area contributed by atoms with Crippen LogP contribution in [-0.2, 0) is 0 Å². The van der Waals surface area contributed by atoms with Gasteiger partial charge in [-0.25, -0.2) is 4.39 Å². The second-order valence-electron chi connectivity index (χ2n) is 2.80. The Morgan fingerprint density at radius 1 is 1.50 bits per heavy atom. The average Bonchev–Trinajstić information content (AvgIpc) is 2.18. The molecule has 0 aromatic heterocycles. The van der Waals surface area contributed by atoms with Gasteiger partial charge in [0.25, 0.3) is 5.91 Å². The van der Waals surface area contributed by atoms with Crippen molar-refractivity contribution in [1.29, 1.82) is 0 Å². The minimum Gasteiger partial charge on any atom is -0.387 e. The number of hydrogen-bond donors (Lipinski definition) is 2. The van der Waals surface area contributed by atoms with Crippen LogP contribution in [0.1, 0.15) is 17.3 Å². The highest BCUT2D eigenvalue weighted by Gasteiger charge is 2.10. The Kier molecular flexibility index (Phi) is 3.45. The molecule has 1 amide bonds. The molecule has 0 unspecified atom stereocenters. The Morgan fingerprint density at radius 3 is 2.79 bits per heavy atom. The first-order valence-corrected chi connectivity index (χ1v) is 4.44. The van der Waals surface area contributed by atoms with Crippen LogP contribution < -0.4 is 10.6 Å². The van der Waals surface area contributed by atoms with Crippen LogP contribution in [0.4, 0.5) is 10.1 Å². The zero-order valence-corrected chi connectivity index (χ0v) is 8.23. The lowest BCUT2D eigenvalue weighted by Crippen LogP contribution is -2.23. The van der Waals surface area contributed by atoms with Gasteiger partial charge in [0.1, 0.15) is 5.82 Å². The first kappa shape index (κ1) is 10.5. The van der Waals surface area contributed by atoms with Crippen molar-refractivity contribution in [2.45, 2.75) is 6.92 Å². The summed E-state index contributed by atoms with van der Waals surface area (Å²) in [5, 5.41) is 5.45. The summed E-state index contributed by atoms with van der Waals surface area (Å²) in [5.74, 6) is -0.679. The van der Waals surface area contributed by atoms with Crippen molar-refractivity contribution in [3.63, 3.8) is 0 Å². The summed E-state index contributed by atoms with van der Waals surface area (Å²) in [7, 11) is 1.69. The third-order valence-electron chi connectivity index (χ3n) is 1.83. The van der Waals surface area contributed by atoms with Crippen molar-refractivity contribution in [3.8, 4) is 0 Å². The van der Waals surface area contributed by atoms with Gasteiger partial charge in [-0.3, -0.25) is 4.79 Å². The maximum Gasteiger partial charge on any atom is 0.253 e. The van der Waals surface area contributed by atoms with E-state index in [1.807, 2.05) is 6.92 Å². The molecular formula is C10H13FN2O. The molecule has 0 saturated heterocycles. The van der Waals surface area contributed by atoms with Gasteiger partial charge in [-0.2, -0.15) is 0 Å². The Balaban J connectivity index is 3.03. The van der Waals surface area contributed by atoms with E-state index in [0.29, 0.717) is 17.8 Å². The van der Waals surface area contributed by atoms with E-state index in [-0.39, 0.29) is 5.91 Å². The molecule has 1 rings (SSSR count). The highest BCUT2D eigenvalue weighted by molar-refractivity contribution is 5.99. The second kappa shape index (κ2) is 4.60. The molecule has 0 bridgehead atoms. The number of benzene rings is 1. The van der Waals surface area contributed by atoms with Crippen molar-refractivity contribution < 1.29 is 9.18 Å². The molecule has 0 saturated carbocycles. The Hall–Kier alpha value is -1.58. The summed E-state index contributed by atoms with van der Waals surface area (Å²) < 4.78 is 12.9. The van der Waals surface area contributed by atoms with Gasteiger partial charge in [0.05, 0.1) is 5.56 Å². The smallest absolute Gasteiger partial charge is 0.253 e. The molecule has 76 valence electrons. The Labute approximate surface area is 82.3 Å². The van der Waals surface area contributed by atoms with Gasteiger partial charge in [-0.1, -0.05) is 0 Å². The minimum absolute atomic E-state index is 0.267. The maximum atomic E-state index is 12.9. The number of nitrogens with one attached hydrogen (secondary N) is 2. The molecule has 0 aliphatic rings. The highest BCUT2D eigenvalue weighted by atomic mass is 19.1. The Morgan fingerprint density at radius 2 is 2.21 bits per heavy atom. The van der Waals surface area contributed by atoms with Gasteiger partial charge in [0.2, 0.25) is 0 Å². The van der Waals surface area contributed by atoms with E-state index < -0.39 is 5.82 Å². The third kappa shape index (κ3) is 2.22. The number of carbonyl (C=O) groups excluding carboxylic acids is 1. The molecule has 4 heteroatoms. The molecule has 3 nitrogen and oxygen atoms in total. The lowest BCUT2D eigenvalue weighted by atomic mass is 10.1. The maximum absolute atomic E-state index is 12.9. The molecule has 1 aromatic rings. The van der Waals surface area contributed by atoms with Gasteiger partial charge in [0, 0.05) is 19.3 Å². The fourth-order valence-corrected chi connectivity index (χ4v) is 1.18. The number of carbonyl (C=O) groups is 1. The molecular weight excluding hydrogens is 183 g/mol. The zero-order chi connectivity index (χ0) is 10.6. The molecule has 1 aromatic carbocycles. The fraction of sp³-hybridized carbons (Fsp3) is 0.300. The van der Waals surface area contributed by atoms with Crippen LogP contribution in [0.15, 0.2) is 18.2 Å². The highest BCUT2D eigenvalue weighted by Crippen LogP contribution is 2.15. The molecule has 14 heavy (non-hydrogen) atoms. The van der Waals surface area contributed by atoms with Crippen LogP contribution in [-0.4, -0.2) is 19.5 Å². The minimum atomic E-state index is -0.412. The van der Waals surface area contributed by atoms with Crippen molar-refractivity contribution in [2.24, 2.45) is 0 Å². The normalized spacial score (nSPS) is 9.64. The van der Waals surface area contributed by atoms with Gasteiger partial charge in [-0.05, 0) is 25.1 Å². The van der Waals surface area contributed by atoms with E-state index in [2.05, 4.69) is 10.6 Å².